The third-order valence-corrected chi connectivity index (χ3v) is 11.4. The number of unbranched alkanes of at least 4 members (excludes halogenated alkanes) is 7. The molecule has 1 nitrogen and oxygen atoms in total. The quantitative estimate of drug-likeness (QED) is 0.109. The van der Waals surface area contributed by atoms with Gasteiger partial charge in [-0.3, -0.25) is 0 Å². The Kier molecular flexibility index (Phi) is 13.9. The predicted molar refractivity (Wildman–Crippen MR) is 190 cm³/mol. The number of benzene rings is 3. The van der Waals surface area contributed by atoms with Crippen LogP contribution in [-0.2, 0) is 0 Å². The largest absolute Gasteiger partial charge is 0.490 e. The molecule has 0 bridgehead atoms. The van der Waals surface area contributed by atoms with Crippen molar-refractivity contribution in [1.29, 1.82) is 0 Å². The van der Waals surface area contributed by atoms with Crippen molar-refractivity contribution in [1.82, 2.24) is 0 Å². The normalized spacial score (nSPS) is 21.4. The van der Waals surface area contributed by atoms with E-state index >= 15 is 8.78 Å². The van der Waals surface area contributed by atoms with E-state index in [4.69, 9.17) is 4.74 Å². The van der Waals surface area contributed by atoms with E-state index in [0.717, 1.165) is 69.1 Å². The Morgan fingerprint density at radius 3 is 1.65 bits per heavy atom. The van der Waals surface area contributed by atoms with E-state index in [1.54, 1.807) is 36.4 Å². The zero-order valence-electron chi connectivity index (χ0n) is 29.3. The fourth-order valence-corrected chi connectivity index (χ4v) is 8.40. The van der Waals surface area contributed by atoms with E-state index < -0.39 is 23.3 Å². The zero-order valence-corrected chi connectivity index (χ0v) is 29.3. The van der Waals surface area contributed by atoms with Gasteiger partial charge in [0.25, 0.3) is 0 Å². The monoisotopic (exact) mass is 664 g/mol. The van der Waals surface area contributed by atoms with Crippen molar-refractivity contribution in [3.8, 4) is 28.0 Å². The number of rotatable bonds is 16. The first-order valence-corrected chi connectivity index (χ1v) is 19.1. The summed E-state index contributed by atoms with van der Waals surface area (Å²) in [7, 11) is 0. The number of halogens is 4. The number of hydrogen-bond donors (Lipinski definition) is 0. The SMILES string of the molecule is CCCCCCCC1CCC(C2CCC(c3ccc(-c4ccc(-c5ccc(OCCCCCC)c(F)c5F)cc4)c(F)c3F)CC2)CC1. The molecule has 5 rings (SSSR count). The average Bonchev–Trinajstić information content (AvgIpc) is 3.11. The van der Waals surface area contributed by atoms with Gasteiger partial charge in [-0.05, 0) is 97.4 Å². The minimum Gasteiger partial charge on any atom is -0.490 e. The fourth-order valence-electron chi connectivity index (χ4n) is 8.40. The molecular weight excluding hydrogens is 608 g/mol. The molecule has 2 aliphatic rings. The average molecular weight is 665 g/mol. The summed E-state index contributed by atoms with van der Waals surface area (Å²) in [6.45, 7) is 4.72. The van der Waals surface area contributed by atoms with E-state index in [-0.39, 0.29) is 22.8 Å². The molecule has 2 saturated carbocycles. The highest BCUT2D eigenvalue weighted by Gasteiger charge is 2.32. The van der Waals surface area contributed by atoms with E-state index in [2.05, 4.69) is 13.8 Å². The van der Waals surface area contributed by atoms with Gasteiger partial charge in [-0.1, -0.05) is 121 Å². The molecule has 0 radical (unpaired) electrons. The molecule has 0 heterocycles. The van der Waals surface area contributed by atoms with E-state index in [1.807, 2.05) is 0 Å². The summed E-state index contributed by atoms with van der Waals surface area (Å²) in [6, 6.07) is 12.9. The minimum absolute atomic E-state index is 0.0489. The second-order valence-corrected chi connectivity index (χ2v) is 14.7. The van der Waals surface area contributed by atoms with Gasteiger partial charge < -0.3 is 4.74 Å². The smallest absolute Gasteiger partial charge is 0.201 e. The molecule has 0 aliphatic heterocycles. The highest BCUT2D eigenvalue weighted by atomic mass is 19.2. The van der Waals surface area contributed by atoms with Crippen molar-refractivity contribution in [3.63, 3.8) is 0 Å². The summed E-state index contributed by atoms with van der Waals surface area (Å²) in [6.07, 6.45) is 21.6. The second kappa shape index (κ2) is 18.3. The number of hydrogen-bond acceptors (Lipinski definition) is 1. The molecule has 0 atom stereocenters. The maximum Gasteiger partial charge on any atom is 0.201 e. The highest BCUT2D eigenvalue weighted by molar-refractivity contribution is 5.72. The maximum absolute atomic E-state index is 15.5. The van der Waals surface area contributed by atoms with Gasteiger partial charge in [-0.2, -0.15) is 4.39 Å². The molecule has 262 valence electrons. The first-order valence-electron chi connectivity index (χ1n) is 19.1. The van der Waals surface area contributed by atoms with Gasteiger partial charge in [0, 0.05) is 11.1 Å². The van der Waals surface area contributed by atoms with Gasteiger partial charge in [-0.25, -0.2) is 13.2 Å². The maximum atomic E-state index is 15.5. The van der Waals surface area contributed by atoms with Gasteiger partial charge in [0.2, 0.25) is 5.82 Å². The molecule has 0 saturated heterocycles. The van der Waals surface area contributed by atoms with Crippen molar-refractivity contribution in [2.24, 2.45) is 17.8 Å². The van der Waals surface area contributed by atoms with Crippen LogP contribution in [0.4, 0.5) is 17.6 Å². The Hall–Kier alpha value is -2.82. The van der Waals surface area contributed by atoms with Crippen LogP contribution in [-0.4, -0.2) is 6.61 Å². The molecule has 0 spiro atoms. The lowest BCUT2D eigenvalue weighted by Crippen LogP contribution is -2.25. The van der Waals surface area contributed by atoms with Gasteiger partial charge in [-0.15, -0.1) is 0 Å². The third-order valence-electron chi connectivity index (χ3n) is 11.4. The predicted octanol–water partition coefficient (Wildman–Crippen LogP) is 14.0. The lowest BCUT2D eigenvalue weighted by atomic mass is 9.68. The molecule has 3 aromatic rings. The van der Waals surface area contributed by atoms with Crippen molar-refractivity contribution < 1.29 is 22.3 Å². The Bertz CT molecular complexity index is 1420. The van der Waals surface area contributed by atoms with Gasteiger partial charge >= 0.3 is 0 Å². The van der Waals surface area contributed by atoms with Gasteiger partial charge in [0.05, 0.1) is 6.61 Å². The van der Waals surface area contributed by atoms with Crippen LogP contribution in [0.5, 0.6) is 5.75 Å². The van der Waals surface area contributed by atoms with Crippen LogP contribution in [0.25, 0.3) is 22.3 Å². The minimum atomic E-state index is -1.01. The van der Waals surface area contributed by atoms with E-state index in [9.17, 15) is 8.78 Å². The molecule has 48 heavy (non-hydrogen) atoms. The van der Waals surface area contributed by atoms with Crippen LogP contribution in [0, 0.1) is 41.0 Å². The highest BCUT2D eigenvalue weighted by Crippen LogP contribution is 2.45. The van der Waals surface area contributed by atoms with Crippen LogP contribution in [0.2, 0.25) is 0 Å². The molecule has 0 N–H and O–H groups in total. The Morgan fingerprint density at radius 2 is 1.04 bits per heavy atom. The molecular formula is C43H56F4O. The molecule has 0 amide bonds. The van der Waals surface area contributed by atoms with E-state index in [0.29, 0.717) is 23.3 Å². The summed E-state index contributed by atoms with van der Waals surface area (Å²) in [5.74, 6) is -1.21. The van der Waals surface area contributed by atoms with Crippen LogP contribution in [0.15, 0.2) is 48.5 Å². The lowest BCUT2D eigenvalue weighted by molar-refractivity contribution is 0.155. The van der Waals surface area contributed by atoms with Crippen molar-refractivity contribution in [2.45, 2.75) is 135 Å². The summed E-state index contributed by atoms with van der Waals surface area (Å²) >= 11 is 0. The van der Waals surface area contributed by atoms with Crippen molar-refractivity contribution >= 4 is 0 Å². The second-order valence-electron chi connectivity index (χ2n) is 14.7. The van der Waals surface area contributed by atoms with E-state index in [1.165, 1.54) is 76.3 Å². The molecule has 3 aromatic carbocycles. The lowest BCUT2D eigenvalue weighted by Gasteiger charge is -2.38. The summed E-state index contributed by atoms with van der Waals surface area (Å²) in [5, 5.41) is 0. The molecule has 2 fully saturated rings. The first-order chi connectivity index (χ1) is 23.4. The third kappa shape index (κ3) is 9.24. The van der Waals surface area contributed by atoms with Crippen LogP contribution in [0.3, 0.4) is 0 Å². The van der Waals surface area contributed by atoms with Gasteiger partial charge in [0.1, 0.15) is 0 Å². The molecule has 2 aliphatic carbocycles. The molecule has 0 aromatic heterocycles. The summed E-state index contributed by atoms with van der Waals surface area (Å²) in [4.78, 5) is 0. The Balaban J connectivity index is 1.14. The Morgan fingerprint density at radius 1 is 0.521 bits per heavy atom. The zero-order chi connectivity index (χ0) is 33.9. The first kappa shape index (κ1) is 36.5. The van der Waals surface area contributed by atoms with Crippen LogP contribution >= 0.6 is 0 Å². The summed E-state index contributed by atoms with van der Waals surface area (Å²) in [5.41, 5.74) is 1.71. The summed E-state index contributed by atoms with van der Waals surface area (Å²) < 4.78 is 66.3. The van der Waals surface area contributed by atoms with Gasteiger partial charge in [0.15, 0.2) is 23.2 Å². The number of ether oxygens (including phenoxy) is 1. The van der Waals surface area contributed by atoms with Crippen LogP contribution in [0.1, 0.15) is 141 Å². The Labute approximate surface area is 286 Å². The van der Waals surface area contributed by atoms with Crippen molar-refractivity contribution in [3.05, 3.63) is 77.4 Å². The topological polar surface area (TPSA) is 9.23 Å². The molecule has 0 unspecified atom stereocenters. The fraction of sp³-hybridized carbons (Fsp3) is 0.581. The van der Waals surface area contributed by atoms with Crippen LogP contribution < -0.4 is 4.74 Å². The van der Waals surface area contributed by atoms with Crippen molar-refractivity contribution in [2.75, 3.05) is 6.61 Å². The standard InChI is InChI=1S/C43H56F4O/c1-3-5-7-9-10-12-30-13-15-31(16-14-30)32-17-19-33(20-18-32)36-25-26-37(41(45)40(36)44)34-21-23-35(24-22-34)38-27-28-39(43(47)42(38)46)48-29-11-8-6-4-2/h21-28,30-33H,3-20,29H2,1-2H3. The molecule has 5 heteroatoms.